The van der Waals surface area contributed by atoms with Crippen LogP contribution in [-0.4, -0.2) is 29.0 Å². The molecule has 1 aromatic carbocycles. The van der Waals surface area contributed by atoms with Crippen LogP contribution in [0.1, 0.15) is 44.0 Å². The van der Waals surface area contributed by atoms with Crippen LogP contribution in [0, 0.1) is 13.8 Å². The van der Waals surface area contributed by atoms with Crippen molar-refractivity contribution in [3.05, 3.63) is 70.7 Å². The summed E-state index contributed by atoms with van der Waals surface area (Å²) < 4.78 is 4.96. The van der Waals surface area contributed by atoms with E-state index in [0.29, 0.717) is 22.8 Å². The van der Waals surface area contributed by atoms with E-state index in [2.05, 4.69) is 20.8 Å². The predicted molar refractivity (Wildman–Crippen MR) is 103 cm³/mol. The molecule has 0 aliphatic carbocycles. The van der Waals surface area contributed by atoms with E-state index in [1.165, 1.54) is 0 Å². The fourth-order valence-corrected chi connectivity index (χ4v) is 3.13. The molecule has 2 N–H and O–H groups in total. The minimum absolute atomic E-state index is 0.152. The van der Waals surface area contributed by atoms with Gasteiger partial charge in [-0.2, -0.15) is 0 Å². The zero-order chi connectivity index (χ0) is 19.8. The monoisotopic (exact) mass is 377 g/mol. The van der Waals surface area contributed by atoms with Crippen molar-refractivity contribution < 1.29 is 14.1 Å². The van der Waals surface area contributed by atoms with Gasteiger partial charge in [0.2, 0.25) is 5.76 Å². The fourth-order valence-electron chi connectivity index (χ4n) is 3.13. The molecule has 1 aliphatic heterocycles. The van der Waals surface area contributed by atoms with E-state index in [0.717, 1.165) is 11.3 Å². The average Bonchev–Trinajstić information content (AvgIpc) is 3.12. The van der Waals surface area contributed by atoms with Crippen LogP contribution < -0.4 is 15.5 Å². The number of rotatable bonds is 3. The van der Waals surface area contributed by atoms with Crippen molar-refractivity contribution in [2.75, 3.05) is 17.3 Å². The smallest absolute Gasteiger partial charge is 0.294 e. The Morgan fingerprint density at radius 1 is 1.14 bits per heavy atom. The molecule has 1 aliphatic rings. The molecule has 0 saturated heterocycles. The summed E-state index contributed by atoms with van der Waals surface area (Å²) in [7, 11) is 1.89. The number of benzene rings is 1. The van der Waals surface area contributed by atoms with Gasteiger partial charge in [-0.25, -0.2) is 4.98 Å². The number of aromatic nitrogens is 2. The Balaban J connectivity index is 1.54. The number of nitrogens with zero attached hydrogens (tertiary/aromatic N) is 3. The van der Waals surface area contributed by atoms with E-state index >= 15 is 0 Å². The Morgan fingerprint density at radius 2 is 1.89 bits per heavy atom. The van der Waals surface area contributed by atoms with Crippen molar-refractivity contribution in [2.45, 2.75) is 20.0 Å². The van der Waals surface area contributed by atoms with Gasteiger partial charge in [-0.1, -0.05) is 17.3 Å². The summed E-state index contributed by atoms with van der Waals surface area (Å²) in [6, 6.07) is 12.4. The van der Waals surface area contributed by atoms with Crippen molar-refractivity contribution in [2.24, 2.45) is 0 Å². The molecule has 8 nitrogen and oxygen atoms in total. The molecule has 28 heavy (non-hydrogen) atoms. The number of anilines is 2. The number of amides is 2. The van der Waals surface area contributed by atoms with Gasteiger partial charge in [0.1, 0.15) is 12.0 Å². The number of hydrogen-bond donors (Lipinski definition) is 2. The van der Waals surface area contributed by atoms with Gasteiger partial charge in [0.15, 0.2) is 0 Å². The Morgan fingerprint density at radius 3 is 2.57 bits per heavy atom. The van der Waals surface area contributed by atoms with Crippen LogP contribution in [-0.2, 0) is 0 Å². The summed E-state index contributed by atoms with van der Waals surface area (Å²) in [6.45, 7) is 3.64. The number of fused-ring (bicyclic) bond motifs is 1. The van der Waals surface area contributed by atoms with Crippen molar-refractivity contribution in [1.82, 2.24) is 15.5 Å². The Bertz CT molecular complexity index is 1060. The topological polar surface area (TPSA) is 100 Å². The molecule has 0 fully saturated rings. The highest BCUT2D eigenvalue weighted by atomic mass is 16.5. The Labute approximate surface area is 161 Å². The zero-order valence-corrected chi connectivity index (χ0v) is 15.7. The van der Waals surface area contributed by atoms with Gasteiger partial charge in [-0.3, -0.25) is 9.59 Å². The molecule has 0 spiro atoms. The van der Waals surface area contributed by atoms with Crippen molar-refractivity contribution in [3.8, 4) is 0 Å². The summed E-state index contributed by atoms with van der Waals surface area (Å²) in [5, 5.41) is 9.45. The average molecular weight is 377 g/mol. The molecule has 3 heterocycles. The van der Waals surface area contributed by atoms with Gasteiger partial charge in [0, 0.05) is 24.5 Å². The van der Waals surface area contributed by atoms with Crippen LogP contribution in [0.2, 0.25) is 0 Å². The quantitative estimate of drug-likeness (QED) is 0.728. The van der Waals surface area contributed by atoms with Gasteiger partial charge < -0.3 is 20.1 Å². The lowest BCUT2D eigenvalue weighted by Gasteiger charge is -2.35. The summed E-state index contributed by atoms with van der Waals surface area (Å²) in [5.41, 5.74) is 3.52. The van der Waals surface area contributed by atoms with Gasteiger partial charge in [-0.15, -0.1) is 0 Å². The molecular formula is C20H19N5O3. The first-order valence-electron chi connectivity index (χ1n) is 8.78. The van der Waals surface area contributed by atoms with Gasteiger partial charge >= 0.3 is 0 Å². The van der Waals surface area contributed by atoms with Crippen LogP contribution >= 0.6 is 0 Å². The van der Waals surface area contributed by atoms with Crippen molar-refractivity contribution in [3.63, 3.8) is 0 Å². The lowest BCUT2D eigenvalue weighted by Crippen LogP contribution is -2.45. The first kappa shape index (κ1) is 17.7. The van der Waals surface area contributed by atoms with E-state index < -0.39 is 0 Å². The summed E-state index contributed by atoms with van der Waals surface area (Å²) >= 11 is 0. The summed E-state index contributed by atoms with van der Waals surface area (Å²) in [4.78, 5) is 31.0. The van der Waals surface area contributed by atoms with Crippen LogP contribution in [0.4, 0.5) is 11.5 Å². The minimum Gasteiger partial charge on any atom is -0.351 e. The van der Waals surface area contributed by atoms with Crippen molar-refractivity contribution >= 4 is 23.3 Å². The van der Waals surface area contributed by atoms with E-state index in [1.807, 2.05) is 37.1 Å². The van der Waals surface area contributed by atoms with E-state index in [-0.39, 0.29) is 23.7 Å². The third-order valence-electron chi connectivity index (χ3n) is 4.58. The molecule has 8 heteroatoms. The number of aryl methyl sites for hydroxylation is 2. The molecule has 2 amide bonds. The van der Waals surface area contributed by atoms with Crippen LogP contribution in [0.5, 0.6) is 0 Å². The molecule has 0 bridgehead atoms. The molecule has 0 saturated carbocycles. The molecule has 2 aromatic heterocycles. The normalized spacial score (nSPS) is 15.8. The highest BCUT2D eigenvalue weighted by Crippen LogP contribution is 2.30. The maximum absolute atomic E-state index is 12.4. The van der Waals surface area contributed by atoms with Crippen LogP contribution in [0.15, 0.2) is 47.0 Å². The maximum atomic E-state index is 12.4. The third-order valence-corrected chi connectivity index (χ3v) is 4.58. The second kappa shape index (κ2) is 6.80. The Kier molecular flexibility index (Phi) is 4.31. The van der Waals surface area contributed by atoms with Crippen LogP contribution in [0.3, 0.4) is 0 Å². The number of pyridine rings is 1. The Hall–Kier alpha value is -3.68. The second-order valence-corrected chi connectivity index (χ2v) is 6.72. The lowest BCUT2D eigenvalue weighted by atomic mass is 10.1. The number of carbonyl (C=O) groups is 2. The van der Waals surface area contributed by atoms with Gasteiger partial charge in [0.25, 0.3) is 11.8 Å². The lowest BCUT2D eigenvalue weighted by molar-refractivity contribution is 0.0926. The van der Waals surface area contributed by atoms with Crippen molar-refractivity contribution in [1.29, 1.82) is 0 Å². The molecule has 3 aromatic rings. The number of hydrogen-bond acceptors (Lipinski definition) is 6. The van der Waals surface area contributed by atoms with Gasteiger partial charge in [-0.05, 0) is 43.7 Å². The first-order chi connectivity index (χ1) is 13.4. The number of carbonyl (C=O) groups excluding carboxylic acids is 2. The standard InChI is InChI=1S/C20H19N5O3/c1-11-4-9-15-18(21-11)25(3)17(23-19(15)26)13-5-7-14(8-6-13)22-20(27)16-10-12(2)24-28-16/h4-10,17H,1-3H3,(H,22,27)(H,23,26). The zero-order valence-electron chi connectivity index (χ0n) is 15.7. The number of nitrogens with one attached hydrogen (secondary N) is 2. The third kappa shape index (κ3) is 3.20. The molecule has 0 radical (unpaired) electrons. The molecule has 142 valence electrons. The SMILES string of the molecule is Cc1cc(C(=O)Nc2ccc(C3NC(=O)c4ccc(C)nc4N3C)cc2)on1. The summed E-state index contributed by atoms with van der Waals surface area (Å²) in [6.07, 6.45) is -0.351. The molecule has 4 rings (SSSR count). The fraction of sp³-hybridized carbons (Fsp3) is 0.200. The van der Waals surface area contributed by atoms with Crippen LogP contribution in [0.25, 0.3) is 0 Å². The second-order valence-electron chi connectivity index (χ2n) is 6.72. The molecule has 1 unspecified atom stereocenters. The van der Waals surface area contributed by atoms with E-state index in [9.17, 15) is 9.59 Å². The highest BCUT2D eigenvalue weighted by Gasteiger charge is 2.30. The molecular weight excluding hydrogens is 358 g/mol. The largest absolute Gasteiger partial charge is 0.351 e. The highest BCUT2D eigenvalue weighted by molar-refractivity contribution is 6.02. The predicted octanol–water partition coefficient (Wildman–Crippen LogP) is 2.82. The van der Waals surface area contributed by atoms with Gasteiger partial charge in [0.05, 0.1) is 11.3 Å². The maximum Gasteiger partial charge on any atom is 0.294 e. The minimum atomic E-state index is -0.370. The van der Waals surface area contributed by atoms with E-state index in [4.69, 9.17) is 4.52 Å². The first-order valence-corrected chi connectivity index (χ1v) is 8.78. The summed E-state index contributed by atoms with van der Waals surface area (Å²) in [5.74, 6) is 0.263. The molecule has 1 atom stereocenters. The van der Waals surface area contributed by atoms with E-state index in [1.54, 1.807) is 31.2 Å².